The molecule has 2 atom stereocenters. The van der Waals surface area contributed by atoms with E-state index in [1.807, 2.05) is 0 Å². The SMILES string of the molecule is CC(=O)c1c(N[C@@H](C)COCCC(=O)N2CCN3c4ncc(C(F)(F)F)cc4N(C4CC4)C(=O)C3C2)cn[nH]c1=O. The molecule has 0 bridgehead atoms. The van der Waals surface area contributed by atoms with Gasteiger partial charge in [0.2, 0.25) is 5.91 Å². The highest BCUT2D eigenvalue weighted by atomic mass is 19.4. The van der Waals surface area contributed by atoms with E-state index in [-0.39, 0.29) is 80.1 Å². The van der Waals surface area contributed by atoms with Gasteiger partial charge in [0.1, 0.15) is 11.6 Å². The molecule has 41 heavy (non-hydrogen) atoms. The smallest absolute Gasteiger partial charge is 0.379 e. The molecule has 2 amide bonds. The lowest BCUT2D eigenvalue weighted by molar-refractivity contribution is -0.138. The maximum atomic E-state index is 13.5. The number of H-pyrrole nitrogens is 1. The number of piperazine rings is 1. The van der Waals surface area contributed by atoms with Crippen LogP contribution < -0.4 is 20.7 Å². The topological polar surface area (TPSA) is 141 Å². The van der Waals surface area contributed by atoms with Crippen LogP contribution in [0.1, 0.15) is 49.0 Å². The van der Waals surface area contributed by atoms with E-state index in [0.29, 0.717) is 18.7 Å². The summed E-state index contributed by atoms with van der Waals surface area (Å²) in [5.41, 5.74) is -1.07. The number of halogens is 3. The lowest BCUT2D eigenvalue weighted by Gasteiger charge is -2.47. The molecule has 12 nitrogen and oxygen atoms in total. The third-order valence-corrected chi connectivity index (χ3v) is 7.31. The van der Waals surface area contributed by atoms with Gasteiger partial charge < -0.3 is 24.8 Å². The van der Waals surface area contributed by atoms with Gasteiger partial charge in [-0.05, 0) is 32.8 Å². The number of rotatable bonds is 9. The predicted molar refractivity (Wildman–Crippen MR) is 141 cm³/mol. The number of alkyl halides is 3. The van der Waals surface area contributed by atoms with E-state index in [4.69, 9.17) is 4.74 Å². The molecule has 1 unspecified atom stereocenters. The number of fused-ring (bicyclic) bond motifs is 3. The Morgan fingerprint density at radius 3 is 2.66 bits per heavy atom. The molecule has 1 saturated heterocycles. The number of aromatic amines is 1. The number of carbonyl (C=O) groups excluding carboxylic acids is 3. The van der Waals surface area contributed by atoms with Crippen molar-refractivity contribution in [1.82, 2.24) is 20.1 Å². The quantitative estimate of drug-likeness (QED) is 0.337. The Labute approximate surface area is 232 Å². The zero-order valence-electron chi connectivity index (χ0n) is 22.5. The van der Waals surface area contributed by atoms with Crippen LogP contribution in [0.4, 0.5) is 30.4 Å². The van der Waals surface area contributed by atoms with E-state index in [2.05, 4.69) is 20.5 Å². The van der Waals surface area contributed by atoms with Crippen LogP contribution in [0.5, 0.6) is 0 Å². The standard InChI is InChI=1S/C26H30F3N7O5/c1-14(32-18-11-31-33-24(39)22(18)15(2)37)13-41-8-5-21(38)34-6-7-35-20(12-34)25(40)36(17-3-4-17)19-9-16(26(27,28)29)10-30-23(19)35/h9-11,14,17,20H,3-8,12-13H2,1-2H3,(H2,32,33,39)/t14-,20?/m0/s1. The summed E-state index contributed by atoms with van der Waals surface area (Å²) >= 11 is 0. The highest BCUT2D eigenvalue weighted by molar-refractivity contribution is 6.06. The summed E-state index contributed by atoms with van der Waals surface area (Å²) in [5.74, 6) is -0.610. The molecular formula is C26H30F3N7O5. The minimum Gasteiger partial charge on any atom is -0.379 e. The van der Waals surface area contributed by atoms with Crippen molar-refractivity contribution < 1.29 is 32.3 Å². The number of amides is 2. The molecule has 2 aromatic rings. The first-order valence-corrected chi connectivity index (χ1v) is 13.3. The van der Waals surface area contributed by atoms with Gasteiger partial charge in [0.25, 0.3) is 11.5 Å². The Hall–Kier alpha value is -4.01. The first-order valence-electron chi connectivity index (χ1n) is 13.3. The Balaban J connectivity index is 1.17. The zero-order chi connectivity index (χ0) is 29.5. The summed E-state index contributed by atoms with van der Waals surface area (Å²) in [6.07, 6.45) is -0.973. The van der Waals surface area contributed by atoms with Gasteiger partial charge in [0, 0.05) is 31.4 Å². The number of hydrogen-bond acceptors (Lipinski definition) is 9. The lowest BCUT2D eigenvalue weighted by atomic mass is 10.0. The number of nitrogens with zero attached hydrogens (tertiary/aromatic N) is 5. The molecule has 220 valence electrons. The second-order valence-electron chi connectivity index (χ2n) is 10.5. The number of ether oxygens (including phenoxy) is 1. The lowest BCUT2D eigenvalue weighted by Crippen LogP contribution is -2.64. The molecular weight excluding hydrogens is 547 g/mol. The van der Waals surface area contributed by atoms with Crippen molar-refractivity contribution in [3.05, 3.63) is 39.9 Å². The highest BCUT2D eigenvalue weighted by Gasteiger charge is 2.48. The monoisotopic (exact) mass is 577 g/mol. The molecule has 0 spiro atoms. The molecule has 0 radical (unpaired) electrons. The number of anilines is 3. The number of pyridine rings is 1. The summed E-state index contributed by atoms with van der Waals surface area (Å²) in [4.78, 5) is 58.9. The van der Waals surface area contributed by atoms with Gasteiger partial charge in [-0.25, -0.2) is 10.1 Å². The highest BCUT2D eigenvalue weighted by Crippen LogP contribution is 2.44. The van der Waals surface area contributed by atoms with Gasteiger partial charge in [-0.3, -0.25) is 19.2 Å². The molecule has 4 heterocycles. The predicted octanol–water partition coefficient (Wildman–Crippen LogP) is 1.82. The van der Waals surface area contributed by atoms with Crippen molar-refractivity contribution in [1.29, 1.82) is 0 Å². The molecule has 5 rings (SSSR count). The third-order valence-electron chi connectivity index (χ3n) is 7.31. The van der Waals surface area contributed by atoms with Crippen LogP contribution in [0, 0.1) is 0 Å². The van der Waals surface area contributed by atoms with Crippen LogP contribution in [0.15, 0.2) is 23.3 Å². The van der Waals surface area contributed by atoms with E-state index in [1.54, 1.807) is 16.7 Å². The molecule has 1 saturated carbocycles. The van der Waals surface area contributed by atoms with Crippen molar-refractivity contribution in [3.8, 4) is 0 Å². The Morgan fingerprint density at radius 2 is 1.98 bits per heavy atom. The fraction of sp³-hybridized carbons (Fsp3) is 0.538. The molecule has 3 aliphatic rings. The van der Waals surface area contributed by atoms with Crippen LogP contribution in [0.25, 0.3) is 0 Å². The number of nitrogens with one attached hydrogen (secondary N) is 2. The largest absolute Gasteiger partial charge is 0.417 e. The maximum Gasteiger partial charge on any atom is 0.417 e. The molecule has 0 aromatic carbocycles. The van der Waals surface area contributed by atoms with Crippen molar-refractivity contribution in [2.45, 2.75) is 57.4 Å². The van der Waals surface area contributed by atoms with E-state index in [0.717, 1.165) is 12.3 Å². The van der Waals surface area contributed by atoms with Crippen LogP contribution in [0.3, 0.4) is 0 Å². The van der Waals surface area contributed by atoms with Gasteiger partial charge in [-0.2, -0.15) is 18.3 Å². The van der Waals surface area contributed by atoms with E-state index >= 15 is 0 Å². The van der Waals surface area contributed by atoms with Crippen LogP contribution in [-0.4, -0.2) is 88.7 Å². The van der Waals surface area contributed by atoms with Crippen molar-refractivity contribution in [2.24, 2.45) is 0 Å². The minimum absolute atomic E-state index is 0.0303. The molecule has 2 N–H and O–H groups in total. The molecule has 15 heteroatoms. The van der Waals surface area contributed by atoms with Gasteiger partial charge in [0.15, 0.2) is 11.6 Å². The number of carbonyl (C=O) groups is 3. The van der Waals surface area contributed by atoms with Gasteiger partial charge in [-0.1, -0.05) is 0 Å². The summed E-state index contributed by atoms with van der Waals surface area (Å²) in [6.45, 7) is 4.01. The fourth-order valence-corrected chi connectivity index (χ4v) is 5.20. The first-order chi connectivity index (χ1) is 19.5. The minimum atomic E-state index is -4.58. The Bertz CT molecular complexity index is 1410. The number of ketones is 1. The van der Waals surface area contributed by atoms with E-state index < -0.39 is 29.1 Å². The average Bonchev–Trinajstić information content (AvgIpc) is 3.75. The van der Waals surface area contributed by atoms with E-state index in [1.165, 1.54) is 18.0 Å². The molecule has 2 aromatic heterocycles. The van der Waals surface area contributed by atoms with Crippen LogP contribution in [0.2, 0.25) is 0 Å². The second kappa shape index (κ2) is 11.1. The van der Waals surface area contributed by atoms with Gasteiger partial charge in [-0.15, -0.1) is 0 Å². The molecule has 1 aliphatic carbocycles. The van der Waals surface area contributed by atoms with Crippen LogP contribution >= 0.6 is 0 Å². The average molecular weight is 578 g/mol. The van der Waals surface area contributed by atoms with Crippen LogP contribution in [-0.2, 0) is 20.5 Å². The summed E-state index contributed by atoms with van der Waals surface area (Å²) < 4.78 is 45.7. The third kappa shape index (κ3) is 5.89. The maximum absolute atomic E-state index is 13.5. The number of Topliss-reactive ketones (excluding diaryl/α,β-unsaturated/α-hetero) is 1. The Kier molecular flexibility index (Phi) is 7.72. The first kappa shape index (κ1) is 28.5. The molecule has 2 fully saturated rings. The second-order valence-corrected chi connectivity index (χ2v) is 10.5. The van der Waals surface area contributed by atoms with E-state index in [9.17, 15) is 32.3 Å². The van der Waals surface area contributed by atoms with Crippen molar-refractivity contribution >= 4 is 34.8 Å². The summed E-state index contributed by atoms with van der Waals surface area (Å²) in [5, 5.41) is 8.95. The van der Waals surface area contributed by atoms with Gasteiger partial charge >= 0.3 is 6.18 Å². The fourth-order valence-electron chi connectivity index (χ4n) is 5.20. The normalized spacial score (nSPS) is 19.5. The van der Waals surface area contributed by atoms with Gasteiger partial charge in [0.05, 0.1) is 49.3 Å². The summed E-state index contributed by atoms with van der Waals surface area (Å²) in [6, 6.07) is -0.199. The Morgan fingerprint density at radius 1 is 1.22 bits per heavy atom. The zero-order valence-corrected chi connectivity index (χ0v) is 22.5. The van der Waals surface area contributed by atoms with Crippen molar-refractivity contribution in [2.75, 3.05) is 48.0 Å². The number of hydrogen-bond donors (Lipinski definition) is 2. The molecule has 2 aliphatic heterocycles. The summed E-state index contributed by atoms with van der Waals surface area (Å²) in [7, 11) is 0. The number of aromatic nitrogens is 3. The van der Waals surface area contributed by atoms with Crippen molar-refractivity contribution in [3.63, 3.8) is 0 Å².